The molecule has 3 fully saturated rings. The number of carbonyl (C=O) groups excluding carboxylic acids is 6. The van der Waals surface area contributed by atoms with E-state index in [-0.39, 0.29) is 65.9 Å². The maximum Gasteiger partial charge on any atom is 0.264 e. The molecule has 4 N–H and O–H groups in total. The lowest BCUT2D eigenvalue weighted by Crippen LogP contribution is -2.54. The number of hydrogen-bond acceptors (Lipinski definition) is 15. The Morgan fingerprint density at radius 3 is 2.44 bits per heavy atom. The van der Waals surface area contributed by atoms with E-state index in [0.717, 1.165) is 69.0 Å². The summed E-state index contributed by atoms with van der Waals surface area (Å²) in [4.78, 5) is 108. The van der Waals surface area contributed by atoms with E-state index >= 15 is 0 Å². The summed E-state index contributed by atoms with van der Waals surface area (Å²) in [5, 5.41) is 11.8. The summed E-state index contributed by atoms with van der Waals surface area (Å²) < 4.78 is 7.48. The van der Waals surface area contributed by atoms with Crippen molar-refractivity contribution < 1.29 is 33.5 Å². The molecule has 2 saturated heterocycles. The number of ether oxygens (including phenoxy) is 1. The van der Waals surface area contributed by atoms with Crippen molar-refractivity contribution >= 4 is 69.5 Å². The van der Waals surface area contributed by atoms with Crippen LogP contribution in [-0.4, -0.2) is 130 Å². The second kappa shape index (κ2) is 18.2. The molecule has 1 unspecified atom stereocenters. The Morgan fingerprint density at radius 1 is 0.919 bits per heavy atom. The van der Waals surface area contributed by atoms with Crippen molar-refractivity contribution in [3.8, 4) is 0 Å². The standard InChI is InChI=1S/C43H49N11O8/c1-25-30-23-47-43(50-38(30)53(27-6-3-4-7-27)41(60)36(25)26(2)55)48-33-12-10-28(22-46-33)52-17-15-51(16-18-52)19-21-62-20-14-44-35(57)24-45-31-9-5-8-29-37(31)42(61)54(40(29)59)32-11-13-34(56)49-39(32)58/h5,8-10,12,22-23,27,32,45H,3-4,6-7,11,13-21,24H2,1-2H3,(H,44,57)(H,49,56,58)(H,46,47,48,50). The Kier molecular flexibility index (Phi) is 12.3. The van der Waals surface area contributed by atoms with Gasteiger partial charge in [-0.2, -0.15) is 4.98 Å². The van der Waals surface area contributed by atoms with Crippen LogP contribution < -0.4 is 31.7 Å². The number of nitrogens with one attached hydrogen (secondary N) is 4. The Morgan fingerprint density at radius 2 is 1.71 bits per heavy atom. The predicted molar refractivity (Wildman–Crippen MR) is 228 cm³/mol. The number of aryl methyl sites for hydroxylation is 1. The van der Waals surface area contributed by atoms with Crippen LogP contribution in [-0.2, 0) is 19.1 Å². The smallest absolute Gasteiger partial charge is 0.264 e. The van der Waals surface area contributed by atoms with Gasteiger partial charge in [-0.15, -0.1) is 0 Å². The number of nitrogens with zero attached hydrogens (tertiary/aromatic N) is 7. The second-order valence-electron chi connectivity index (χ2n) is 15.9. The van der Waals surface area contributed by atoms with E-state index in [1.165, 1.54) is 13.0 Å². The number of aromatic nitrogens is 4. The zero-order valence-electron chi connectivity index (χ0n) is 34.7. The van der Waals surface area contributed by atoms with Gasteiger partial charge >= 0.3 is 0 Å². The molecule has 0 radical (unpaired) electrons. The molecule has 19 nitrogen and oxygen atoms in total. The van der Waals surface area contributed by atoms with Crippen LogP contribution in [0.25, 0.3) is 11.0 Å². The molecule has 3 aliphatic heterocycles. The molecule has 4 aliphatic rings. The van der Waals surface area contributed by atoms with Gasteiger partial charge in [-0.1, -0.05) is 18.9 Å². The number of rotatable bonds is 15. The highest BCUT2D eigenvalue weighted by Gasteiger charge is 2.45. The Labute approximate surface area is 356 Å². The molecule has 0 bridgehead atoms. The minimum Gasteiger partial charge on any atom is -0.378 e. The lowest BCUT2D eigenvalue weighted by atomic mass is 10.0. The molecule has 6 heterocycles. The molecule has 8 rings (SSSR count). The molecule has 1 aliphatic carbocycles. The SMILES string of the molecule is CC(=O)c1c(C)c2cnc(Nc3ccc(N4CCN(CCOCCNC(=O)CNc5cccc6c5C(=O)N(C5CCC(=O)NC5=O)C6=O)CC4)cn3)nc2n(C2CCCC2)c1=O. The summed E-state index contributed by atoms with van der Waals surface area (Å²) >= 11 is 0. The van der Waals surface area contributed by atoms with E-state index in [2.05, 4.69) is 41.0 Å². The number of imide groups is 2. The van der Waals surface area contributed by atoms with Crippen LogP contribution in [0.15, 0.2) is 47.5 Å². The van der Waals surface area contributed by atoms with Gasteiger partial charge in [0.1, 0.15) is 17.5 Å². The fourth-order valence-electron chi connectivity index (χ4n) is 8.76. The van der Waals surface area contributed by atoms with Crippen molar-refractivity contribution in [1.29, 1.82) is 0 Å². The zero-order valence-corrected chi connectivity index (χ0v) is 34.7. The Bertz CT molecular complexity index is 2490. The molecule has 0 spiro atoms. The van der Waals surface area contributed by atoms with E-state index in [1.807, 2.05) is 18.3 Å². The number of benzene rings is 1. The quantitative estimate of drug-likeness (QED) is 0.0765. The van der Waals surface area contributed by atoms with Gasteiger partial charge in [-0.3, -0.25) is 53.2 Å². The van der Waals surface area contributed by atoms with Crippen molar-refractivity contribution in [3.05, 3.63) is 75.3 Å². The van der Waals surface area contributed by atoms with Crippen LogP contribution in [0.5, 0.6) is 0 Å². The lowest BCUT2D eigenvalue weighted by molar-refractivity contribution is -0.136. The molecule has 62 heavy (non-hydrogen) atoms. The number of piperidine rings is 1. The maximum absolute atomic E-state index is 13.6. The number of hydrogen-bond donors (Lipinski definition) is 4. The van der Waals surface area contributed by atoms with Gasteiger partial charge in [0.05, 0.1) is 48.3 Å². The van der Waals surface area contributed by atoms with Crippen LogP contribution in [0.4, 0.5) is 23.1 Å². The average Bonchev–Trinajstić information content (AvgIpc) is 3.88. The zero-order chi connectivity index (χ0) is 43.5. The molecule has 3 aromatic heterocycles. The van der Waals surface area contributed by atoms with Gasteiger partial charge in [0.25, 0.3) is 17.4 Å². The molecular formula is C43H49N11O8. The Balaban J connectivity index is 0.750. The topological polar surface area (TPSA) is 230 Å². The monoisotopic (exact) mass is 847 g/mol. The highest BCUT2D eigenvalue weighted by Crippen LogP contribution is 2.34. The van der Waals surface area contributed by atoms with Gasteiger partial charge in [0, 0.05) is 69.0 Å². The average molecular weight is 848 g/mol. The van der Waals surface area contributed by atoms with Crippen LogP contribution in [0.3, 0.4) is 0 Å². The van der Waals surface area contributed by atoms with Crippen LogP contribution in [0.1, 0.15) is 88.1 Å². The first-order chi connectivity index (χ1) is 30.0. The highest BCUT2D eigenvalue weighted by atomic mass is 16.5. The summed E-state index contributed by atoms with van der Waals surface area (Å²) in [5.41, 5.74) is 2.54. The van der Waals surface area contributed by atoms with Gasteiger partial charge in [0.15, 0.2) is 5.78 Å². The van der Waals surface area contributed by atoms with Crippen molar-refractivity contribution in [3.63, 3.8) is 0 Å². The first-order valence-corrected chi connectivity index (χ1v) is 21.0. The summed E-state index contributed by atoms with van der Waals surface area (Å²) in [6, 6.07) is 7.48. The number of pyridine rings is 2. The molecule has 4 aromatic rings. The number of Topliss-reactive ketones (excluding diaryl/α,β-unsaturated/α-hetero) is 1. The van der Waals surface area contributed by atoms with Gasteiger partial charge < -0.3 is 25.6 Å². The minimum atomic E-state index is -1.08. The predicted octanol–water partition coefficient (Wildman–Crippen LogP) is 2.32. The first kappa shape index (κ1) is 42.1. The van der Waals surface area contributed by atoms with Gasteiger partial charge in [-0.05, 0) is 62.9 Å². The molecular weight excluding hydrogens is 799 g/mol. The summed E-state index contributed by atoms with van der Waals surface area (Å²) in [6.45, 7) is 8.19. The number of carbonyl (C=O) groups is 6. The first-order valence-electron chi connectivity index (χ1n) is 21.0. The van der Waals surface area contributed by atoms with E-state index in [0.29, 0.717) is 47.3 Å². The number of fused-ring (bicyclic) bond motifs is 2. The third kappa shape index (κ3) is 8.62. The van der Waals surface area contributed by atoms with Crippen molar-refractivity contribution in [2.24, 2.45) is 0 Å². The number of anilines is 4. The summed E-state index contributed by atoms with van der Waals surface area (Å²) in [7, 11) is 0. The third-order valence-electron chi connectivity index (χ3n) is 12.0. The fraction of sp³-hybridized carbons (Fsp3) is 0.442. The van der Waals surface area contributed by atoms with Gasteiger partial charge in [-0.25, -0.2) is 9.97 Å². The van der Waals surface area contributed by atoms with Crippen molar-refractivity contribution in [2.75, 3.05) is 74.6 Å². The molecule has 1 atom stereocenters. The van der Waals surface area contributed by atoms with E-state index in [9.17, 15) is 33.6 Å². The summed E-state index contributed by atoms with van der Waals surface area (Å²) in [6.07, 6.45) is 7.35. The van der Waals surface area contributed by atoms with Crippen molar-refractivity contribution in [2.45, 2.75) is 64.5 Å². The molecule has 1 aromatic carbocycles. The van der Waals surface area contributed by atoms with Crippen LogP contribution >= 0.6 is 0 Å². The largest absolute Gasteiger partial charge is 0.378 e. The maximum atomic E-state index is 13.6. The minimum absolute atomic E-state index is 0.00733. The van der Waals surface area contributed by atoms with Crippen molar-refractivity contribution in [1.82, 2.24) is 40.0 Å². The van der Waals surface area contributed by atoms with Crippen LogP contribution in [0.2, 0.25) is 0 Å². The van der Waals surface area contributed by atoms with Gasteiger partial charge in [0.2, 0.25) is 23.7 Å². The summed E-state index contributed by atoms with van der Waals surface area (Å²) in [5.74, 6) is -2.10. The Hall–Kier alpha value is -6.60. The highest BCUT2D eigenvalue weighted by molar-refractivity contribution is 6.25. The number of ketones is 1. The van der Waals surface area contributed by atoms with Crippen LogP contribution in [0, 0.1) is 6.92 Å². The lowest BCUT2D eigenvalue weighted by Gasteiger charge is -2.35. The fourth-order valence-corrected chi connectivity index (χ4v) is 8.76. The normalized spacial score (nSPS) is 18.3. The molecule has 19 heteroatoms. The van der Waals surface area contributed by atoms with E-state index < -0.39 is 29.7 Å². The number of amides is 5. The molecule has 324 valence electrons. The molecule has 1 saturated carbocycles. The molecule has 5 amide bonds. The van der Waals surface area contributed by atoms with E-state index in [4.69, 9.17) is 9.72 Å². The second-order valence-corrected chi connectivity index (χ2v) is 15.9. The number of piperazine rings is 1. The third-order valence-corrected chi connectivity index (χ3v) is 12.0. The van der Waals surface area contributed by atoms with E-state index in [1.54, 1.807) is 29.8 Å².